The van der Waals surface area contributed by atoms with Crippen LogP contribution in [-0.4, -0.2) is 30.6 Å². The summed E-state index contributed by atoms with van der Waals surface area (Å²) in [6.07, 6.45) is 2.28. The van der Waals surface area contributed by atoms with Crippen LogP contribution in [0, 0.1) is 0 Å². The van der Waals surface area contributed by atoms with Gasteiger partial charge in [0, 0.05) is 31.0 Å². The van der Waals surface area contributed by atoms with Crippen molar-refractivity contribution in [2.24, 2.45) is 5.73 Å². The average Bonchev–Trinajstić information content (AvgIpc) is 2.48. The zero-order valence-electron chi connectivity index (χ0n) is 13.3. The first kappa shape index (κ1) is 19.4. The molecule has 7 heteroatoms. The van der Waals surface area contributed by atoms with Gasteiger partial charge in [0.2, 0.25) is 11.8 Å². The van der Waals surface area contributed by atoms with Gasteiger partial charge in [-0.15, -0.1) is 12.4 Å². The molecule has 0 bridgehead atoms. The molecule has 0 aliphatic carbocycles. The van der Waals surface area contributed by atoms with Crippen LogP contribution in [0.3, 0.4) is 0 Å². The van der Waals surface area contributed by atoms with E-state index in [9.17, 15) is 9.59 Å². The molecule has 0 spiro atoms. The van der Waals surface area contributed by atoms with Crippen molar-refractivity contribution < 1.29 is 14.3 Å². The summed E-state index contributed by atoms with van der Waals surface area (Å²) in [4.78, 5) is 24.0. The molecule has 1 aliphatic rings. The van der Waals surface area contributed by atoms with Gasteiger partial charge in [-0.3, -0.25) is 9.59 Å². The van der Waals surface area contributed by atoms with Gasteiger partial charge in [0.05, 0.1) is 0 Å². The lowest BCUT2D eigenvalue weighted by Crippen LogP contribution is -2.54. The van der Waals surface area contributed by atoms with Gasteiger partial charge < -0.3 is 21.1 Å². The summed E-state index contributed by atoms with van der Waals surface area (Å²) in [6.45, 7) is 2.94. The fourth-order valence-corrected chi connectivity index (χ4v) is 2.34. The Morgan fingerprint density at radius 3 is 2.43 bits per heavy atom. The zero-order chi connectivity index (χ0) is 16.0. The Labute approximate surface area is 142 Å². The summed E-state index contributed by atoms with van der Waals surface area (Å²) in [7, 11) is 0. The van der Waals surface area contributed by atoms with Gasteiger partial charge >= 0.3 is 0 Å². The normalized spacial score (nSPS) is 16.1. The van der Waals surface area contributed by atoms with Crippen molar-refractivity contribution in [3.8, 4) is 0 Å². The lowest BCUT2D eigenvalue weighted by Gasteiger charge is -2.31. The smallest absolute Gasteiger partial charge is 0.244 e. The number of nitrogens with two attached hydrogens (primary N) is 1. The third-order valence-corrected chi connectivity index (χ3v) is 3.72. The van der Waals surface area contributed by atoms with Crippen LogP contribution in [0.5, 0.6) is 0 Å². The van der Waals surface area contributed by atoms with E-state index >= 15 is 0 Å². The number of carbonyl (C=O) groups excluding carboxylic acids is 2. The Balaban J connectivity index is 0.00000264. The molecule has 2 rings (SSSR count). The maximum absolute atomic E-state index is 12.3. The van der Waals surface area contributed by atoms with Crippen LogP contribution in [0.1, 0.15) is 32.6 Å². The highest BCUT2D eigenvalue weighted by molar-refractivity contribution is 5.99. The van der Waals surface area contributed by atoms with Crippen LogP contribution in [-0.2, 0) is 14.3 Å². The number of rotatable bonds is 5. The molecule has 1 heterocycles. The Bertz CT molecular complexity index is 545. The van der Waals surface area contributed by atoms with Crippen LogP contribution < -0.4 is 16.4 Å². The predicted molar refractivity (Wildman–Crippen MR) is 92.8 cm³/mol. The summed E-state index contributed by atoms with van der Waals surface area (Å²) in [5.41, 5.74) is 6.54. The first-order valence-corrected chi connectivity index (χ1v) is 7.61. The molecule has 1 saturated heterocycles. The van der Waals surface area contributed by atoms with Gasteiger partial charge in [0.1, 0.15) is 5.54 Å². The molecule has 128 valence electrons. The van der Waals surface area contributed by atoms with E-state index in [-0.39, 0.29) is 24.2 Å². The van der Waals surface area contributed by atoms with Crippen molar-refractivity contribution in [3.05, 3.63) is 24.3 Å². The fraction of sp³-hybridized carbons (Fsp3) is 0.500. The summed E-state index contributed by atoms with van der Waals surface area (Å²) >= 11 is 0. The van der Waals surface area contributed by atoms with Crippen LogP contribution in [0.15, 0.2) is 24.3 Å². The second kappa shape index (κ2) is 8.86. The molecular formula is C16H24ClN3O3. The van der Waals surface area contributed by atoms with E-state index in [1.165, 1.54) is 0 Å². The summed E-state index contributed by atoms with van der Waals surface area (Å²) in [6, 6.07) is 7.07. The first-order valence-electron chi connectivity index (χ1n) is 7.61. The highest BCUT2D eigenvalue weighted by Gasteiger charge is 2.35. The van der Waals surface area contributed by atoms with Gasteiger partial charge in [-0.05, 0) is 37.5 Å². The molecule has 1 fully saturated rings. The van der Waals surface area contributed by atoms with E-state index in [0.29, 0.717) is 43.9 Å². The van der Waals surface area contributed by atoms with Crippen molar-refractivity contribution >= 4 is 35.6 Å². The maximum atomic E-state index is 12.3. The number of carbonyl (C=O) groups is 2. The van der Waals surface area contributed by atoms with Crippen molar-refractivity contribution in [2.45, 2.75) is 38.1 Å². The molecule has 1 aromatic rings. The number of hydrogen-bond donors (Lipinski definition) is 3. The highest BCUT2D eigenvalue weighted by Crippen LogP contribution is 2.21. The second-order valence-corrected chi connectivity index (χ2v) is 5.60. The van der Waals surface area contributed by atoms with E-state index in [1.807, 2.05) is 6.92 Å². The lowest BCUT2D eigenvalue weighted by atomic mass is 9.90. The number of benzene rings is 1. The number of ether oxygens (including phenoxy) is 1. The highest BCUT2D eigenvalue weighted by atomic mass is 35.5. The zero-order valence-corrected chi connectivity index (χ0v) is 14.1. The minimum absolute atomic E-state index is 0. The summed E-state index contributed by atoms with van der Waals surface area (Å²) < 4.78 is 5.24. The average molecular weight is 342 g/mol. The molecule has 23 heavy (non-hydrogen) atoms. The molecule has 2 amide bonds. The van der Waals surface area contributed by atoms with Gasteiger partial charge in [-0.2, -0.15) is 0 Å². The molecule has 0 atom stereocenters. The van der Waals surface area contributed by atoms with E-state index in [4.69, 9.17) is 10.5 Å². The van der Waals surface area contributed by atoms with Gasteiger partial charge in [-0.25, -0.2) is 0 Å². The summed E-state index contributed by atoms with van der Waals surface area (Å²) in [5.74, 6) is -0.251. The van der Waals surface area contributed by atoms with E-state index in [1.54, 1.807) is 24.3 Å². The Morgan fingerprint density at radius 2 is 1.83 bits per heavy atom. The molecule has 4 N–H and O–H groups in total. The van der Waals surface area contributed by atoms with Crippen molar-refractivity contribution in [3.63, 3.8) is 0 Å². The third kappa shape index (κ3) is 5.49. The predicted octanol–water partition coefficient (Wildman–Crippen LogP) is 2.29. The number of halogens is 1. The van der Waals surface area contributed by atoms with E-state index in [0.717, 1.165) is 6.42 Å². The molecule has 0 aromatic heterocycles. The Morgan fingerprint density at radius 1 is 1.22 bits per heavy atom. The number of nitrogens with one attached hydrogen (secondary N) is 2. The second-order valence-electron chi connectivity index (χ2n) is 5.60. The van der Waals surface area contributed by atoms with E-state index < -0.39 is 5.54 Å². The summed E-state index contributed by atoms with van der Waals surface area (Å²) in [5, 5.41) is 5.63. The number of hydrogen-bond acceptors (Lipinski definition) is 4. The van der Waals surface area contributed by atoms with Crippen LogP contribution in [0.4, 0.5) is 11.4 Å². The standard InChI is InChI=1S/C16H23N3O3.ClH/c1-2-4-14(20)18-12-5-3-6-13(11-12)19-15(21)16(17)7-9-22-10-8-16;/h3,5-6,11H,2,4,7-10,17H2,1H3,(H,18,20)(H,19,21);1H. The van der Waals surface area contributed by atoms with Gasteiger partial charge in [0.15, 0.2) is 0 Å². The fourth-order valence-electron chi connectivity index (χ4n) is 2.34. The third-order valence-electron chi connectivity index (χ3n) is 3.72. The molecule has 6 nitrogen and oxygen atoms in total. The van der Waals surface area contributed by atoms with Crippen molar-refractivity contribution in [1.29, 1.82) is 0 Å². The van der Waals surface area contributed by atoms with Crippen LogP contribution in [0.2, 0.25) is 0 Å². The molecular weight excluding hydrogens is 318 g/mol. The number of anilines is 2. The number of amides is 2. The van der Waals surface area contributed by atoms with Gasteiger partial charge in [0.25, 0.3) is 0 Å². The molecule has 0 saturated carbocycles. The largest absolute Gasteiger partial charge is 0.381 e. The van der Waals surface area contributed by atoms with Gasteiger partial charge in [-0.1, -0.05) is 13.0 Å². The lowest BCUT2D eigenvalue weighted by molar-refractivity contribution is -0.124. The monoisotopic (exact) mass is 341 g/mol. The first-order chi connectivity index (χ1) is 10.5. The van der Waals surface area contributed by atoms with E-state index in [2.05, 4.69) is 10.6 Å². The van der Waals surface area contributed by atoms with Crippen molar-refractivity contribution in [1.82, 2.24) is 0 Å². The Kier molecular flexibility index (Phi) is 7.48. The molecule has 0 radical (unpaired) electrons. The minimum atomic E-state index is -0.889. The maximum Gasteiger partial charge on any atom is 0.244 e. The van der Waals surface area contributed by atoms with Crippen molar-refractivity contribution in [2.75, 3.05) is 23.8 Å². The molecule has 0 unspecified atom stereocenters. The molecule has 1 aromatic carbocycles. The molecule has 1 aliphatic heterocycles. The minimum Gasteiger partial charge on any atom is -0.381 e. The topological polar surface area (TPSA) is 93.5 Å². The quantitative estimate of drug-likeness (QED) is 0.766. The SMILES string of the molecule is CCCC(=O)Nc1cccc(NC(=O)C2(N)CCOCC2)c1.Cl. The van der Waals surface area contributed by atoms with Crippen LogP contribution >= 0.6 is 12.4 Å². The van der Waals surface area contributed by atoms with Crippen LogP contribution in [0.25, 0.3) is 0 Å². The Hall–Kier alpha value is -1.63.